The summed E-state index contributed by atoms with van der Waals surface area (Å²) >= 11 is 0. The number of carbonyl (C=O) groups is 1. The summed E-state index contributed by atoms with van der Waals surface area (Å²) in [6.45, 7) is 8.12. The van der Waals surface area contributed by atoms with Crippen molar-refractivity contribution in [1.82, 2.24) is 9.80 Å². The molecule has 1 aliphatic rings. The van der Waals surface area contributed by atoms with E-state index in [0.717, 1.165) is 39.0 Å². The Morgan fingerprint density at radius 1 is 1.20 bits per heavy atom. The number of rotatable bonds is 4. The van der Waals surface area contributed by atoms with Crippen molar-refractivity contribution in [1.29, 1.82) is 0 Å². The molecule has 1 fully saturated rings. The monoisotopic (exact) mass is 276 g/mol. The third-order valence-corrected chi connectivity index (χ3v) is 4.00. The van der Waals surface area contributed by atoms with Crippen LogP contribution in [0.5, 0.6) is 5.75 Å². The predicted octanol–water partition coefficient (Wildman–Crippen LogP) is 2.99. The molecule has 1 amide bonds. The van der Waals surface area contributed by atoms with Crippen LogP contribution in [0.4, 0.5) is 4.79 Å². The first-order valence-corrected chi connectivity index (χ1v) is 7.50. The first kappa shape index (κ1) is 14.9. The Morgan fingerprint density at radius 2 is 1.80 bits per heavy atom. The van der Waals surface area contributed by atoms with Gasteiger partial charge in [0.2, 0.25) is 0 Å². The molecule has 4 heteroatoms. The molecule has 0 unspecified atom stereocenters. The number of likely N-dealkylation sites (tertiary alicyclic amines) is 1. The number of carbonyl (C=O) groups excluding carboxylic acids is 1. The highest BCUT2D eigenvalue weighted by molar-refractivity contribution is 5.70. The van der Waals surface area contributed by atoms with E-state index in [9.17, 15) is 4.79 Å². The predicted molar refractivity (Wildman–Crippen MR) is 80.0 cm³/mol. The molecule has 1 aromatic carbocycles. The van der Waals surface area contributed by atoms with Gasteiger partial charge in [-0.05, 0) is 38.1 Å². The standard InChI is InChI=1S/C16H24N2O2/c1-3-17(4-2)14-10-12-18(13-11-14)16(19)20-15-8-6-5-7-9-15/h5-9,14H,3-4,10-13H2,1-2H3. The molecule has 1 heterocycles. The maximum atomic E-state index is 12.1. The first-order valence-electron chi connectivity index (χ1n) is 7.50. The molecular formula is C16H24N2O2. The van der Waals surface area contributed by atoms with Crippen molar-refractivity contribution in [2.75, 3.05) is 26.2 Å². The number of hydrogen-bond donors (Lipinski definition) is 0. The van der Waals surface area contributed by atoms with Gasteiger partial charge in [0.05, 0.1) is 0 Å². The lowest BCUT2D eigenvalue weighted by molar-refractivity contribution is 0.104. The quantitative estimate of drug-likeness (QED) is 0.847. The van der Waals surface area contributed by atoms with E-state index in [4.69, 9.17) is 4.74 Å². The van der Waals surface area contributed by atoms with Crippen LogP contribution in [0.1, 0.15) is 26.7 Å². The SMILES string of the molecule is CCN(CC)C1CCN(C(=O)Oc2ccccc2)CC1. The number of ether oxygens (including phenoxy) is 1. The molecule has 0 spiro atoms. The molecule has 0 radical (unpaired) electrons. The van der Waals surface area contributed by atoms with Crippen molar-refractivity contribution < 1.29 is 9.53 Å². The van der Waals surface area contributed by atoms with Crippen LogP contribution in [0.3, 0.4) is 0 Å². The highest BCUT2D eigenvalue weighted by Gasteiger charge is 2.26. The lowest BCUT2D eigenvalue weighted by Gasteiger charge is -2.37. The summed E-state index contributed by atoms with van der Waals surface area (Å²) in [7, 11) is 0. The van der Waals surface area contributed by atoms with E-state index in [-0.39, 0.29) is 6.09 Å². The van der Waals surface area contributed by atoms with E-state index in [1.807, 2.05) is 23.1 Å². The fourth-order valence-electron chi connectivity index (χ4n) is 2.81. The molecular weight excluding hydrogens is 252 g/mol. The van der Waals surface area contributed by atoms with Gasteiger partial charge < -0.3 is 14.5 Å². The number of benzene rings is 1. The number of nitrogens with zero attached hydrogens (tertiary/aromatic N) is 2. The summed E-state index contributed by atoms with van der Waals surface area (Å²) in [5, 5.41) is 0. The van der Waals surface area contributed by atoms with Gasteiger partial charge in [-0.2, -0.15) is 0 Å². The molecule has 110 valence electrons. The van der Waals surface area contributed by atoms with Gasteiger partial charge in [-0.15, -0.1) is 0 Å². The molecule has 4 nitrogen and oxygen atoms in total. The van der Waals surface area contributed by atoms with E-state index < -0.39 is 0 Å². The molecule has 2 rings (SSSR count). The van der Waals surface area contributed by atoms with Gasteiger partial charge in [0.25, 0.3) is 0 Å². The Labute approximate surface area is 121 Å². The van der Waals surface area contributed by atoms with Crippen LogP contribution in [-0.2, 0) is 0 Å². The smallest absolute Gasteiger partial charge is 0.410 e. The number of piperidine rings is 1. The molecule has 0 saturated carbocycles. The zero-order valence-corrected chi connectivity index (χ0v) is 12.4. The lowest BCUT2D eigenvalue weighted by Crippen LogP contribution is -2.47. The van der Waals surface area contributed by atoms with Gasteiger partial charge in [-0.25, -0.2) is 4.79 Å². The molecule has 0 aromatic heterocycles. The number of amides is 1. The second kappa shape index (κ2) is 7.29. The summed E-state index contributed by atoms with van der Waals surface area (Å²) in [5.74, 6) is 0.614. The van der Waals surface area contributed by atoms with Crippen LogP contribution in [0.25, 0.3) is 0 Å². The van der Waals surface area contributed by atoms with Crippen LogP contribution in [0.2, 0.25) is 0 Å². The van der Waals surface area contributed by atoms with Gasteiger partial charge in [0.15, 0.2) is 0 Å². The average Bonchev–Trinajstić information content (AvgIpc) is 2.50. The summed E-state index contributed by atoms with van der Waals surface area (Å²) in [4.78, 5) is 16.4. The Balaban J connectivity index is 1.83. The van der Waals surface area contributed by atoms with Gasteiger partial charge in [-0.3, -0.25) is 0 Å². The van der Waals surface area contributed by atoms with Crippen molar-refractivity contribution in [3.63, 3.8) is 0 Å². The van der Waals surface area contributed by atoms with Crippen LogP contribution in [-0.4, -0.2) is 48.1 Å². The van der Waals surface area contributed by atoms with Crippen LogP contribution in [0.15, 0.2) is 30.3 Å². The van der Waals surface area contributed by atoms with E-state index in [2.05, 4.69) is 18.7 Å². The van der Waals surface area contributed by atoms with Crippen molar-refractivity contribution in [3.8, 4) is 5.75 Å². The lowest BCUT2D eigenvalue weighted by atomic mass is 10.0. The zero-order chi connectivity index (χ0) is 14.4. The molecule has 20 heavy (non-hydrogen) atoms. The van der Waals surface area contributed by atoms with Gasteiger partial charge in [0, 0.05) is 19.1 Å². The van der Waals surface area contributed by atoms with E-state index in [0.29, 0.717) is 11.8 Å². The Bertz CT molecular complexity index is 410. The Morgan fingerprint density at radius 3 is 2.35 bits per heavy atom. The third-order valence-electron chi connectivity index (χ3n) is 4.00. The number of hydrogen-bond acceptors (Lipinski definition) is 3. The fourth-order valence-corrected chi connectivity index (χ4v) is 2.81. The summed E-state index contributed by atoms with van der Waals surface area (Å²) in [5.41, 5.74) is 0. The van der Waals surface area contributed by atoms with Crippen molar-refractivity contribution in [3.05, 3.63) is 30.3 Å². The molecule has 1 aliphatic heterocycles. The summed E-state index contributed by atoms with van der Waals surface area (Å²) in [6, 6.07) is 9.86. The van der Waals surface area contributed by atoms with Gasteiger partial charge in [0.1, 0.15) is 5.75 Å². The second-order valence-corrected chi connectivity index (χ2v) is 5.12. The summed E-state index contributed by atoms with van der Waals surface area (Å²) < 4.78 is 5.38. The van der Waals surface area contributed by atoms with E-state index in [1.165, 1.54) is 0 Å². The molecule has 0 atom stereocenters. The Kier molecular flexibility index (Phi) is 5.41. The normalized spacial score (nSPS) is 16.4. The van der Waals surface area contributed by atoms with Gasteiger partial charge in [-0.1, -0.05) is 32.0 Å². The van der Waals surface area contributed by atoms with E-state index >= 15 is 0 Å². The van der Waals surface area contributed by atoms with E-state index in [1.54, 1.807) is 12.1 Å². The van der Waals surface area contributed by atoms with Crippen LogP contribution in [0, 0.1) is 0 Å². The van der Waals surface area contributed by atoms with Crippen LogP contribution >= 0.6 is 0 Å². The zero-order valence-electron chi connectivity index (χ0n) is 12.4. The summed E-state index contributed by atoms with van der Waals surface area (Å²) in [6.07, 6.45) is 1.84. The fraction of sp³-hybridized carbons (Fsp3) is 0.562. The Hall–Kier alpha value is -1.55. The molecule has 1 aromatic rings. The third kappa shape index (κ3) is 3.73. The molecule has 1 saturated heterocycles. The molecule has 0 aliphatic carbocycles. The minimum atomic E-state index is -0.228. The largest absolute Gasteiger partial charge is 0.415 e. The molecule has 0 bridgehead atoms. The highest BCUT2D eigenvalue weighted by atomic mass is 16.6. The van der Waals surface area contributed by atoms with Crippen molar-refractivity contribution >= 4 is 6.09 Å². The first-order chi connectivity index (χ1) is 9.74. The van der Waals surface area contributed by atoms with Crippen molar-refractivity contribution in [2.24, 2.45) is 0 Å². The average molecular weight is 276 g/mol. The topological polar surface area (TPSA) is 32.8 Å². The minimum Gasteiger partial charge on any atom is -0.410 e. The molecule has 0 N–H and O–H groups in total. The van der Waals surface area contributed by atoms with Gasteiger partial charge >= 0.3 is 6.09 Å². The second-order valence-electron chi connectivity index (χ2n) is 5.12. The maximum Gasteiger partial charge on any atom is 0.415 e. The minimum absolute atomic E-state index is 0.228. The van der Waals surface area contributed by atoms with Crippen LogP contribution < -0.4 is 4.74 Å². The highest BCUT2D eigenvalue weighted by Crippen LogP contribution is 2.18. The van der Waals surface area contributed by atoms with Crippen molar-refractivity contribution in [2.45, 2.75) is 32.7 Å². The number of para-hydroxylation sites is 1. The maximum absolute atomic E-state index is 12.1.